The number of benzene rings is 1. The van der Waals surface area contributed by atoms with E-state index in [1.807, 2.05) is 6.07 Å². The molecule has 0 radical (unpaired) electrons. The van der Waals surface area contributed by atoms with E-state index in [0.29, 0.717) is 13.0 Å². The lowest BCUT2D eigenvalue weighted by molar-refractivity contribution is -0.137. The van der Waals surface area contributed by atoms with Crippen LogP contribution in [0.2, 0.25) is 0 Å². The summed E-state index contributed by atoms with van der Waals surface area (Å²) in [6.07, 6.45) is 0.531. The topological polar surface area (TPSA) is 26.3 Å². The molecule has 0 bridgehead atoms. The van der Waals surface area contributed by atoms with Gasteiger partial charge in [-0.15, -0.1) is 0 Å². The molecule has 68 valence electrons. The van der Waals surface area contributed by atoms with Crippen molar-refractivity contribution in [3.05, 3.63) is 35.4 Å². The van der Waals surface area contributed by atoms with Crippen molar-refractivity contribution in [2.75, 3.05) is 6.61 Å². The number of hydrogen-bond acceptors (Lipinski definition) is 2. The summed E-state index contributed by atoms with van der Waals surface area (Å²) in [5, 5.41) is 0. The number of carbonyl (C=O) groups excluding carboxylic acids is 1. The molecule has 1 saturated heterocycles. The van der Waals surface area contributed by atoms with Crippen molar-refractivity contribution in [1.82, 2.24) is 0 Å². The van der Waals surface area contributed by atoms with E-state index in [1.165, 1.54) is 11.1 Å². The number of carbonyl (C=O) groups is 1. The molecule has 0 amide bonds. The first-order valence-corrected chi connectivity index (χ1v) is 4.48. The summed E-state index contributed by atoms with van der Waals surface area (Å²) in [6.45, 7) is 2.60. The van der Waals surface area contributed by atoms with E-state index < -0.39 is 0 Å². The van der Waals surface area contributed by atoms with E-state index in [4.69, 9.17) is 4.74 Å². The average Bonchev–Trinajstić information content (AvgIpc) is 2.52. The van der Waals surface area contributed by atoms with Gasteiger partial charge in [0.25, 0.3) is 0 Å². The molecule has 0 N–H and O–H groups in total. The molecule has 13 heavy (non-hydrogen) atoms. The molecular weight excluding hydrogens is 164 g/mol. The Labute approximate surface area is 77.5 Å². The Balaban J connectivity index is 2.21. The van der Waals surface area contributed by atoms with Crippen molar-refractivity contribution in [2.24, 2.45) is 0 Å². The minimum atomic E-state index is -0.0773. The zero-order valence-corrected chi connectivity index (χ0v) is 7.62. The fraction of sp³-hybridized carbons (Fsp3) is 0.364. The molecule has 1 heterocycles. The van der Waals surface area contributed by atoms with Crippen LogP contribution < -0.4 is 0 Å². The van der Waals surface area contributed by atoms with Crippen molar-refractivity contribution in [1.29, 1.82) is 0 Å². The molecule has 1 aliphatic rings. The molecule has 1 unspecified atom stereocenters. The van der Waals surface area contributed by atoms with Crippen LogP contribution in [-0.2, 0) is 9.53 Å². The second-order valence-corrected chi connectivity index (χ2v) is 3.50. The third kappa shape index (κ3) is 1.72. The van der Waals surface area contributed by atoms with E-state index in [1.54, 1.807) is 0 Å². The van der Waals surface area contributed by atoms with Gasteiger partial charge in [-0.25, -0.2) is 0 Å². The Morgan fingerprint density at radius 1 is 1.46 bits per heavy atom. The van der Waals surface area contributed by atoms with Crippen molar-refractivity contribution in [2.45, 2.75) is 19.3 Å². The largest absolute Gasteiger partial charge is 0.465 e. The van der Waals surface area contributed by atoms with Crippen LogP contribution in [0, 0.1) is 6.92 Å². The fourth-order valence-corrected chi connectivity index (χ4v) is 1.65. The summed E-state index contributed by atoms with van der Waals surface area (Å²) in [5.41, 5.74) is 2.45. The van der Waals surface area contributed by atoms with Crippen molar-refractivity contribution in [3.8, 4) is 0 Å². The average molecular weight is 176 g/mol. The number of rotatable bonds is 1. The van der Waals surface area contributed by atoms with Gasteiger partial charge in [-0.3, -0.25) is 4.79 Å². The second kappa shape index (κ2) is 3.21. The Hall–Kier alpha value is -1.31. The quantitative estimate of drug-likeness (QED) is 0.612. The molecule has 1 aromatic carbocycles. The lowest BCUT2D eigenvalue weighted by atomic mass is 9.97. The smallest absolute Gasteiger partial charge is 0.306 e. The lowest BCUT2D eigenvalue weighted by Gasteiger charge is -2.06. The van der Waals surface area contributed by atoms with Gasteiger partial charge in [-0.1, -0.05) is 29.8 Å². The minimum Gasteiger partial charge on any atom is -0.465 e. The van der Waals surface area contributed by atoms with Crippen molar-refractivity contribution < 1.29 is 9.53 Å². The Morgan fingerprint density at radius 3 is 2.92 bits per heavy atom. The molecule has 1 atom stereocenters. The van der Waals surface area contributed by atoms with Gasteiger partial charge < -0.3 is 4.74 Å². The number of ether oxygens (including phenoxy) is 1. The van der Waals surface area contributed by atoms with Gasteiger partial charge >= 0.3 is 5.97 Å². The van der Waals surface area contributed by atoms with Crippen LogP contribution in [0.1, 0.15) is 23.5 Å². The van der Waals surface area contributed by atoms with Crippen LogP contribution in [0.15, 0.2) is 24.3 Å². The normalized spacial score (nSPS) is 21.6. The van der Waals surface area contributed by atoms with Crippen LogP contribution in [0.3, 0.4) is 0 Å². The Kier molecular flexibility index (Phi) is 2.05. The van der Waals surface area contributed by atoms with Crippen LogP contribution in [-0.4, -0.2) is 12.6 Å². The van der Waals surface area contributed by atoms with Crippen LogP contribution >= 0.6 is 0 Å². The van der Waals surface area contributed by atoms with Gasteiger partial charge in [0, 0.05) is 5.92 Å². The summed E-state index contributed by atoms with van der Waals surface area (Å²) in [4.78, 5) is 10.9. The third-order valence-corrected chi connectivity index (χ3v) is 2.37. The highest BCUT2D eigenvalue weighted by atomic mass is 16.5. The van der Waals surface area contributed by atoms with Gasteiger partial charge in [-0.2, -0.15) is 0 Å². The number of cyclic esters (lactones) is 1. The van der Waals surface area contributed by atoms with Crippen LogP contribution in [0.5, 0.6) is 0 Å². The highest BCUT2D eigenvalue weighted by Crippen LogP contribution is 2.26. The standard InChI is InChI=1S/C11H12O2/c1-8-3-2-4-9(5-8)10-6-11(12)13-7-10/h2-5,10H,6-7H2,1H3. The number of aryl methyl sites for hydroxylation is 1. The monoisotopic (exact) mass is 176 g/mol. The van der Waals surface area contributed by atoms with Crippen LogP contribution in [0.4, 0.5) is 0 Å². The van der Waals surface area contributed by atoms with Gasteiger partial charge in [0.15, 0.2) is 0 Å². The Bertz CT molecular complexity index is 331. The molecule has 1 fully saturated rings. The van der Waals surface area contributed by atoms with E-state index >= 15 is 0 Å². The summed E-state index contributed by atoms with van der Waals surface area (Å²) in [5.74, 6) is 0.193. The van der Waals surface area contributed by atoms with E-state index in [9.17, 15) is 4.79 Å². The van der Waals surface area contributed by atoms with Crippen molar-refractivity contribution >= 4 is 5.97 Å². The molecule has 2 nitrogen and oxygen atoms in total. The van der Waals surface area contributed by atoms with E-state index in [0.717, 1.165) is 0 Å². The molecule has 2 rings (SSSR count). The summed E-state index contributed by atoms with van der Waals surface area (Å²) < 4.78 is 4.92. The highest BCUT2D eigenvalue weighted by molar-refractivity contribution is 5.72. The highest BCUT2D eigenvalue weighted by Gasteiger charge is 2.24. The van der Waals surface area contributed by atoms with Gasteiger partial charge in [0.2, 0.25) is 0 Å². The molecule has 0 aliphatic carbocycles. The first kappa shape index (κ1) is 8.30. The summed E-state index contributed by atoms with van der Waals surface area (Å²) in [7, 11) is 0. The first-order chi connectivity index (χ1) is 6.25. The number of hydrogen-bond donors (Lipinski definition) is 0. The zero-order chi connectivity index (χ0) is 9.26. The maximum absolute atomic E-state index is 10.9. The predicted octanol–water partition coefficient (Wildman–Crippen LogP) is 2.03. The van der Waals surface area contributed by atoms with E-state index in [-0.39, 0.29) is 11.9 Å². The van der Waals surface area contributed by atoms with E-state index in [2.05, 4.69) is 25.1 Å². The zero-order valence-electron chi connectivity index (χ0n) is 7.62. The number of esters is 1. The van der Waals surface area contributed by atoms with Crippen LogP contribution in [0.25, 0.3) is 0 Å². The van der Waals surface area contributed by atoms with Gasteiger partial charge in [0.05, 0.1) is 13.0 Å². The molecule has 0 spiro atoms. The Morgan fingerprint density at radius 2 is 2.31 bits per heavy atom. The SMILES string of the molecule is Cc1cccc(C2COC(=O)C2)c1. The summed E-state index contributed by atoms with van der Waals surface area (Å²) in [6, 6.07) is 8.25. The molecule has 1 aromatic rings. The van der Waals surface area contributed by atoms with Gasteiger partial charge in [0.1, 0.15) is 0 Å². The molecule has 2 heteroatoms. The van der Waals surface area contributed by atoms with Gasteiger partial charge in [-0.05, 0) is 12.5 Å². The summed E-state index contributed by atoms with van der Waals surface area (Å²) >= 11 is 0. The van der Waals surface area contributed by atoms with Crippen molar-refractivity contribution in [3.63, 3.8) is 0 Å². The second-order valence-electron chi connectivity index (χ2n) is 3.50. The minimum absolute atomic E-state index is 0.0773. The fourth-order valence-electron chi connectivity index (χ4n) is 1.65. The molecular formula is C11H12O2. The lowest BCUT2D eigenvalue weighted by Crippen LogP contribution is -1.97. The third-order valence-electron chi connectivity index (χ3n) is 2.37. The predicted molar refractivity (Wildman–Crippen MR) is 49.5 cm³/mol. The molecule has 1 aliphatic heterocycles. The molecule has 0 saturated carbocycles. The maximum atomic E-state index is 10.9. The maximum Gasteiger partial charge on any atom is 0.306 e. The first-order valence-electron chi connectivity index (χ1n) is 4.48. The molecule has 0 aromatic heterocycles.